The molecule has 2 aromatic carbocycles. The Morgan fingerprint density at radius 1 is 1.23 bits per heavy atom. The average Bonchev–Trinajstić information content (AvgIpc) is 2.64. The van der Waals surface area contributed by atoms with Gasteiger partial charge in [0, 0.05) is 5.75 Å². The molecule has 0 amide bonds. The van der Waals surface area contributed by atoms with Crippen LogP contribution in [0.25, 0.3) is 10.9 Å². The van der Waals surface area contributed by atoms with Crippen molar-refractivity contribution in [2.45, 2.75) is 30.3 Å². The van der Waals surface area contributed by atoms with Gasteiger partial charge in [0.15, 0.2) is 5.16 Å². The standard InChI is InChI=1S/C19H17FN2O3S/c1-2-15(18(24)25)22-16-6-4-3-5-14(16)17(23)21-19(22)26-11-12-7-9-13(20)10-8-12/h3-10,15H,2,11H2,1H3,(H,24,25). The van der Waals surface area contributed by atoms with E-state index in [1.54, 1.807) is 47.9 Å². The van der Waals surface area contributed by atoms with Crippen molar-refractivity contribution in [1.82, 2.24) is 9.55 Å². The minimum absolute atomic E-state index is 0.323. The van der Waals surface area contributed by atoms with Crippen molar-refractivity contribution in [3.05, 3.63) is 70.3 Å². The topological polar surface area (TPSA) is 72.2 Å². The van der Waals surface area contributed by atoms with Crippen LogP contribution in [0.3, 0.4) is 0 Å². The summed E-state index contributed by atoms with van der Waals surface area (Å²) < 4.78 is 14.7. The Hall–Kier alpha value is -2.67. The first kappa shape index (κ1) is 18.1. The normalized spacial score (nSPS) is 12.2. The summed E-state index contributed by atoms with van der Waals surface area (Å²) >= 11 is 1.26. The molecular weight excluding hydrogens is 355 g/mol. The number of aliphatic carboxylic acids is 1. The SMILES string of the molecule is CCC(C(=O)O)n1c(SCc2ccc(F)cc2)nc(=O)c2ccccc21. The third-order valence-corrected chi connectivity index (χ3v) is 5.09. The molecule has 1 aromatic heterocycles. The van der Waals surface area contributed by atoms with Gasteiger partial charge in [0.25, 0.3) is 5.56 Å². The summed E-state index contributed by atoms with van der Waals surface area (Å²) in [6.45, 7) is 1.78. The first-order chi connectivity index (χ1) is 12.5. The van der Waals surface area contributed by atoms with Gasteiger partial charge in [0.1, 0.15) is 11.9 Å². The van der Waals surface area contributed by atoms with Gasteiger partial charge in [-0.05, 0) is 36.2 Å². The number of aromatic nitrogens is 2. The molecule has 1 N–H and O–H groups in total. The maximum absolute atomic E-state index is 13.1. The van der Waals surface area contributed by atoms with E-state index in [1.807, 2.05) is 0 Å². The smallest absolute Gasteiger partial charge is 0.326 e. The second kappa shape index (κ2) is 7.70. The summed E-state index contributed by atoms with van der Waals surface area (Å²) in [5.74, 6) is -0.857. The number of carboxylic acids is 1. The second-order valence-electron chi connectivity index (χ2n) is 5.76. The van der Waals surface area contributed by atoms with Gasteiger partial charge in [-0.3, -0.25) is 4.79 Å². The number of halogens is 1. The molecule has 3 rings (SSSR count). The molecule has 1 unspecified atom stereocenters. The van der Waals surface area contributed by atoms with Crippen molar-refractivity contribution in [2.24, 2.45) is 0 Å². The molecule has 0 radical (unpaired) electrons. The molecule has 0 fully saturated rings. The second-order valence-corrected chi connectivity index (χ2v) is 6.71. The van der Waals surface area contributed by atoms with E-state index in [0.717, 1.165) is 5.56 Å². The molecule has 0 aliphatic rings. The number of carbonyl (C=O) groups is 1. The summed E-state index contributed by atoms with van der Waals surface area (Å²) in [7, 11) is 0. The molecule has 0 aliphatic carbocycles. The third kappa shape index (κ3) is 3.62. The summed E-state index contributed by atoms with van der Waals surface area (Å²) in [6, 6.07) is 12.1. The third-order valence-electron chi connectivity index (χ3n) is 4.06. The number of nitrogens with zero attached hydrogens (tertiary/aromatic N) is 2. The van der Waals surface area contributed by atoms with Crippen molar-refractivity contribution in [1.29, 1.82) is 0 Å². The lowest BCUT2D eigenvalue weighted by Gasteiger charge is -2.20. The van der Waals surface area contributed by atoms with Crippen molar-refractivity contribution >= 4 is 28.6 Å². The highest BCUT2D eigenvalue weighted by Crippen LogP contribution is 2.28. The number of fused-ring (bicyclic) bond motifs is 1. The van der Waals surface area contributed by atoms with Crippen LogP contribution >= 0.6 is 11.8 Å². The predicted octanol–water partition coefficient (Wildman–Crippen LogP) is 3.86. The number of thioether (sulfide) groups is 1. The van der Waals surface area contributed by atoms with Crippen LogP contribution in [0.1, 0.15) is 24.9 Å². The van der Waals surface area contributed by atoms with E-state index in [2.05, 4.69) is 4.98 Å². The zero-order chi connectivity index (χ0) is 18.7. The minimum atomic E-state index is -0.980. The molecule has 0 bridgehead atoms. The van der Waals surface area contributed by atoms with Gasteiger partial charge in [-0.1, -0.05) is 43.0 Å². The van der Waals surface area contributed by atoms with Gasteiger partial charge >= 0.3 is 5.97 Å². The van der Waals surface area contributed by atoms with Crippen LogP contribution in [0.15, 0.2) is 58.5 Å². The maximum atomic E-state index is 13.1. The number of rotatable bonds is 6. The Morgan fingerprint density at radius 3 is 2.58 bits per heavy atom. The number of benzene rings is 2. The Morgan fingerprint density at radius 2 is 1.92 bits per heavy atom. The monoisotopic (exact) mass is 372 g/mol. The van der Waals surface area contributed by atoms with Gasteiger partial charge < -0.3 is 9.67 Å². The number of hydrogen-bond acceptors (Lipinski definition) is 4. The number of para-hydroxylation sites is 1. The maximum Gasteiger partial charge on any atom is 0.326 e. The number of hydrogen-bond donors (Lipinski definition) is 1. The fourth-order valence-corrected chi connectivity index (χ4v) is 3.77. The van der Waals surface area contributed by atoms with E-state index in [0.29, 0.717) is 28.2 Å². The van der Waals surface area contributed by atoms with Crippen molar-refractivity contribution in [3.8, 4) is 0 Å². The van der Waals surface area contributed by atoms with Crippen LogP contribution in [-0.2, 0) is 10.5 Å². The van der Waals surface area contributed by atoms with E-state index < -0.39 is 17.6 Å². The van der Waals surface area contributed by atoms with Crippen LogP contribution in [0, 0.1) is 5.82 Å². The Bertz CT molecular complexity index is 1000. The largest absolute Gasteiger partial charge is 0.480 e. The van der Waals surface area contributed by atoms with Crippen molar-refractivity contribution in [2.75, 3.05) is 0 Å². The molecule has 3 aromatic rings. The van der Waals surface area contributed by atoms with E-state index >= 15 is 0 Å². The molecule has 0 saturated heterocycles. The summed E-state index contributed by atoms with van der Waals surface area (Å²) in [4.78, 5) is 28.2. The van der Waals surface area contributed by atoms with Crippen LogP contribution in [0.2, 0.25) is 0 Å². The van der Waals surface area contributed by atoms with Crippen LogP contribution in [-0.4, -0.2) is 20.6 Å². The fourth-order valence-electron chi connectivity index (χ4n) is 2.77. The molecule has 0 saturated carbocycles. The van der Waals surface area contributed by atoms with Gasteiger partial charge in [0.2, 0.25) is 0 Å². The lowest BCUT2D eigenvalue weighted by Crippen LogP contribution is -2.24. The van der Waals surface area contributed by atoms with Crippen molar-refractivity contribution < 1.29 is 14.3 Å². The molecule has 0 spiro atoms. The van der Waals surface area contributed by atoms with Gasteiger partial charge in [-0.15, -0.1) is 0 Å². The molecule has 1 atom stereocenters. The fraction of sp³-hybridized carbons (Fsp3) is 0.211. The quantitative estimate of drug-likeness (QED) is 0.525. The summed E-state index contributed by atoms with van der Waals surface area (Å²) in [6.07, 6.45) is 0.355. The van der Waals surface area contributed by atoms with E-state index in [9.17, 15) is 19.1 Å². The Kier molecular flexibility index (Phi) is 5.37. The van der Waals surface area contributed by atoms with Crippen LogP contribution in [0.4, 0.5) is 4.39 Å². The average molecular weight is 372 g/mol. The van der Waals surface area contributed by atoms with Crippen LogP contribution < -0.4 is 5.56 Å². The lowest BCUT2D eigenvalue weighted by atomic mass is 10.2. The Balaban J connectivity index is 2.09. The number of carboxylic acid groups (broad SMARTS) is 1. The summed E-state index contributed by atoms with van der Waals surface area (Å²) in [5.41, 5.74) is 1.01. The molecule has 5 nitrogen and oxygen atoms in total. The Labute approximate surface area is 153 Å². The lowest BCUT2D eigenvalue weighted by molar-refractivity contribution is -0.141. The summed E-state index contributed by atoms with van der Waals surface area (Å²) in [5, 5.41) is 10.3. The zero-order valence-corrected chi connectivity index (χ0v) is 14.9. The molecule has 7 heteroatoms. The van der Waals surface area contributed by atoms with E-state index in [-0.39, 0.29) is 5.82 Å². The van der Waals surface area contributed by atoms with Gasteiger partial charge in [-0.2, -0.15) is 4.98 Å². The minimum Gasteiger partial charge on any atom is -0.480 e. The zero-order valence-electron chi connectivity index (χ0n) is 14.1. The molecule has 0 aliphatic heterocycles. The molecule has 26 heavy (non-hydrogen) atoms. The van der Waals surface area contributed by atoms with Crippen molar-refractivity contribution in [3.63, 3.8) is 0 Å². The first-order valence-electron chi connectivity index (χ1n) is 8.12. The highest BCUT2D eigenvalue weighted by atomic mass is 32.2. The first-order valence-corrected chi connectivity index (χ1v) is 9.11. The van der Waals surface area contributed by atoms with Crippen LogP contribution in [0.5, 0.6) is 0 Å². The van der Waals surface area contributed by atoms with Gasteiger partial charge in [0.05, 0.1) is 10.9 Å². The molecule has 134 valence electrons. The highest BCUT2D eigenvalue weighted by molar-refractivity contribution is 7.98. The molecule has 1 heterocycles. The highest BCUT2D eigenvalue weighted by Gasteiger charge is 2.23. The van der Waals surface area contributed by atoms with E-state index in [4.69, 9.17) is 0 Å². The molecular formula is C19H17FN2O3S. The van der Waals surface area contributed by atoms with Gasteiger partial charge in [-0.25, -0.2) is 9.18 Å². The van der Waals surface area contributed by atoms with E-state index in [1.165, 1.54) is 23.9 Å². The predicted molar refractivity (Wildman–Crippen MR) is 98.9 cm³/mol.